The lowest BCUT2D eigenvalue weighted by atomic mass is 10.0. The summed E-state index contributed by atoms with van der Waals surface area (Å²) in [6.45, 7) is 3.63. The maximum absolute atomic E-state index is 13.0. The van der Waals surface area contributed by atoms with Crippen molar-refractivity contribution in [3.05, 3.63) is 58.9 Å². The molecule has 0 spiro atoms. The highest BCUT2D eigenvalue weighted by molar-refractivity contribution is 6.30. The van der Waals surface area contributed by atoms with Gasteiger partial charge in [0, 0.05) is 37.7 Å². The number of hydrogen-bond donors (Lipinski definition) is 0. The number of likely N-dealkylation sites (N-methyl/N-ethyl adjacent to an activating group) is 1. The van der Waals surface area contributed by atoms with E-state index in [9.17, 15) is 9.59 Å². The fourth-order valence-corrected chi connectivity index (χ4v) is 3.52. The first kappa shape index (κ1) is 20.1. The molecule has 0 radical (unpaired) electrons. The van der Waals surface area contributed by atoms with Gasteiger partial charge in [-0.05, 0) is 29.8 Å². The smallest absolute Gasteiger partial charge is 0.262 e. The van der Waals surface area contributed by atoms with Gasteiger partial charge in [0.05, 0.1) is 17.4 Å². The summed E-state index contributed by atoms with van der Waals surface area (Å²) < 4.78 is 1.99. The van der Waals surface area contributed by atoms with Crippen molar-refractivity contribution in [1.82, 2.24) is 14.5 Å². The standard InChI is InChI=1S/C21H25ClN4O2/c1-14(2)21(28)25(4)13-20(27)26-19(15-7-9-16(22)10-8-15)12-17(23-26)18-6-5-11-24(18)3/h5-11,14,19H,12-13H2,1-4H3. The summed E-state index contributed by atoms with van der Waals surface area (Å²) in [5, 5.41) is 6.79. The average Bonchev–Trinajstić information content (AvgIpc) is 3.27. The highest BCUT2D eigenvalue weighted by Gasteiger charge is 2.34. The maximum atomic E-state index is 13.0. The molecule has 1 aromatic heterocycles. The van der Waals surface area contributed by atoms with Crippen LogP contribution in [0, 0.1) is 5.92 Å². The Labute approximate surface area is 170 Å². The number of benzene rings is 1. The molecule has 1 aliphatic heterocycles. The fourth-order valence-electron chi connectivity index (χ4n) is 3.39. The first-order chi connectivity index (χ1) is 13.3. The zero-order chi connectivity index (χ0) is 20.4. The minimum atomic E-state index is -0.225. The van der Waals surface area contributed by atoms with Crippen LogP contribution in [0.5, 0.6) is 0 Å². The van der Waals surface area contributed by atoms with Crippen LogP contribution in [0.3, 0.4) is 0 Å². The van der Waals surface area contributed by atoms with Crippen LogP contribution in [0.15, 0.2) is 47.7 Å². The molecule has 6 nitrogen and oxygen atoms in total. The number of rotatable bonds is 5. The van der Waals surface area contributed by atoms with E-state index in [2.05, 4.69) is 5.10 Å². The normalized spacial score (nSPS) is 16.4. The Hall–Kier alpha value is -2.60. The van der Waals surface area contributed by atoms with Crippen molar-refractivity contribution in [2.45, 2.75) is 26.3 Å². The molecule has 2 aromatic rings. The second-order valence-electron chi connectivity index (χ2n) is 7.41. The monoisotopic (exact) mass is 400 g/mol. The van der Waals surface area contributed by atoms with Crippen LogP contribution in [0.1, 0.15) is 37.6 Å². The molecular weight excluding hydrogens is 376 g/mol. The highest BCUT2D eigenvalue weighted by atomic mass is 35.5. The molecule has 0 saturated carbocycles. The largest absolute Gasteiger partial charge is 0.350 e. The molecule has 2 heterocycles. The SMILES string of the molecule is CC(C)C(=O)N(C)CC(=O)N1N=C(c2cccn2C)CC1c1ccc(Cl)cc1. The molecular formula is C21H25ClN4O2. The van der Waals surface area contributed by atoms with Gasteiger partial charge in [-0.15, -0.1) is 0 Å². The van der Waals surface area contributed by atoms with E-state index in [1.807, 2.05) is 68.1 Å². The molecule has 0 bridgehead atoms. The lowest BCUT2D eigenvalue weighted by Crippen LogP contribution is -2.40. The second-order valence-corrected chi connectivity index (χ2v) is 7.85. The molecule has 1 unspecified atom stereocenters. The third kappa shape index (κ3) is 4.12. The zero-order valence-corrected chi connectivity index (χ0v) is 17.3. The van der Waals surface area contributed by atoms with Crippen molar-refractivity contribution >= 4 is 29.1 Å². The molecule has 148 valence electrons. The second kappa shape index (κ2) is 8.19. The number of hydrazone groups is 1. The van der Waals surface area contributed by atoms with Gasteiger partial charge in [-0.25, -0.2) is 5.01 Å². The van der Waals surface area contributed by atoms with Crippen molar-refractivity contribution in [2.75, 3.05) is 13.6 Å². The van der Waals surface area contributed by atoms with Crippen LogP contribution >= 0.6 is 11.6 Å². The topological polar surface area (TPSA) is 57.9 Å². The molecule has 1 atom stereocenters. The summed E-state index contributed by atoms with van der Waals surface area (Å²) in [6, 6.07) is 11.2. The van der Waals surface area contributed by atoms with E-state index in [0.29, 0.717) is 11.4 Å². The van der Waals surface area contributed by atoms with Gasteiger partial charge >= 0.3 is 0 Å². The van der Waals surface area contributed by atoms with E-state index in [0.717, 1.165) is 17.0 Å². The Morgan fingerprint density at radius 2 is 1.93 bits per heavy atom. The minimum Gasteiger partial charge on any atom is -0.350 e. The third-order valence-corrected chi connectivity index (χ3v) is 5.15. The van der Waals surface area contributed by atoms with Gasteiger partial charge in [0.25, 0.3) is 5.91 Å². The fraction of sp³-hybridized carbons (Fsp3) is 0.381. The lowest BCUT2D eigenvalue weighted by molar-refractivity contribution is -0.142. The first-order valence-corrected chi connectivity index (χ1v) is 9.67. The molecule has 1 aliphatic rings. The number of halogens is 1. The Kier molecular flexibility index (Phi) is 5.89. The van der Waals surface area contributed by atoms with E-state index in [4.69, 9.17) is 11.6 Å². The van der Waals surface area contributed by atoms with Gasteiger partial charge < -0.3 is 9.47 Å². The van der Waals surface area contributed by atoms with Gasteiger partial charge in [0.2, 0.25) is 5.91 Å². The first-order valence-electron chi connectivity index (χ1n) is 9.29. The molecule has 3 rings (SSSR count). The summed E-state index contributed by atoms with van der Waals surface area (Å²) >= 11 is 6.02. The molecule has 0 aliphatic carbocycles. The Bertz CT molecular complexity index is 901. The number of hydrogen-bond acceptors (Lipinski definition) is 3. The average molecular weight is 401 g/mol. The van der Waals surface area contributed by atoms with Crippen molar-refractivity contribution < 1.29 is 9.59 Å². The van der Waals surface area contributed by atoms with Crippen LogP contribution in [-0.4, -0.2) is 45.6 Å². The van der Waals surface area contributed by atoms with Crippen LogP contribution in [0.4, 0.5) is 0 Å². The summed E-state index contributed by atoms with van der Waals surface area (Å²) in [5.74, 6) is -0.436. The Morgan fingerprint density at radius 3 is 2.50 bits per heavy atom. The molecule has 0 fully saturated rings. The van der Waals surface area contributed by atoms with Crippen molar-refractivity contribution in [2.24, 2.45) is 18.1 Å². The number of carbonyl (C=O) groups is 2. The van der Waals surface area contributed by atoms with Crippen molar-refractivity contribution in [3.8, 4) is 0 Å². The van der Waals surface area contributed by atoms with Crippen LogP contribution in [0.25, 0.3) is 0 Å². The highest BCUT2D eigenvalue weighted by Crippen LogP contribution is 2.33. The molecule has 28 heavy (non-hydrogen) atoms. The summed E-state index contributed by atoms with van der Waals surface area (Å²) in [4.78, 5) is 26.7. The lowest BCUT2D eigenvalue weighted by Gasteiger charge is -2.25. The Morgan fingerprint density at radius 1 is 1.25 bits per heavy atom. The molecule has 1 aromatic carbocycles. The van der Waals surface area contributed by atoms with Crippen LogP contribution in [0.2, 0.25) is 5.02 Å². The summed E-state index contributed by atoms with van der Waals surface area (Å²) in [6.07, 6.45) is 2.56. The molecule has 0 N–H and O–H groups in total. The van der Waals surface area contributed by atoms with Gasteiger partial charge in [-0.1, -0.05) is 37.6 Å². The molecule has 0 saturated heterocycles. The predicted molar refractivity (Wildman–Crippen MR) is 110 cm³/mol. The molecule has 7 heteroatoms. The quantitative estimate of drug-likeness (QED) is 0.771. The van der Waals surface area contributed by atoms with Crippen LogP contribution in [-0.2, 0) is 16.6 Å². The molecule has 2 amide bonds. The van der Waals surface area contributed by atoms with Gasteiger partial charge in [-0.2, -0.15) is 5.10 Å². The summed E-state index contributed by atoms with van der Waals surface area (Å²) in [7, 11) is 3.60. The maximum Gasteiger partial charge on any atom is 0.262 e. The predicted octanol–water partition coefficient (Wildman–Crippen LogP) is 3.47. The number of carbonyl (C=O) groups excluding carboxylic acids is 2. The van der Waals surface area contributed by atoms with Crippen LogP contribution < -0.4 is 0 Å². The van der Waals surface area contributed by atoms with Crippen molar-refractivity contribution in [1.29, 1.82) is 0 Å². The van der Waals surface area contributed by atoms with Gasteiger partial charge in [0.1, 0.15) is 6.54 Å². The van der Waals surface area contributed by atoms with Crippen molar-refractivity contribution in [3.63, 3.8) is 0 Å². The number of nitrogens with zero attached hydrogens (tertiary/aromatic N) is 4. The number of aromatic nitrogens is 1. The van der Waals surface area contributed by atoms with E-state index in [-0.39, 0.29) is 30.3 Å². The zero-order valence-electron chi connectivity index (χ0n) is 16.6. The minimum absolute atomic E-state index is 0.00891. The third-order valence-electron chi connectivity index (χ3n) is 4.90. The van der Waals surface area contributed by atoms with Gasteiger partial charge in [0.15, 0.2) is 0 Å². The van der Waals surface area contributed by atoms with E-state index in [1.54, 1.807) is 7.05 Å². The Balaban J connectivity index is 1.89. The number of aryl methyl sites for hydroxylation is 1. The van der Waals surface area contributed by atoms with E-state index >= 15 is 0 Å². The summed E-state index contributed by atoms with van der Waals surface area (Å²) in [5.41, 5.74) is 2.78. The van der Waals surface area contributed by atoms with Gasteiger partial charge in [-0.3, -0.25) is 9.59 Å². The van der Waals surface area contributed by atoms with E-state index < -0.39 is 0 Å². The number of amides is 2. The van der Waals surface area contributed by atoms with E-state index in [1.165, 1.54) is 9.91 Å².